The average molecular weight is 227 g/mol. The lowest BCUT2D eigenvalue weighted by molar-refractivity contribution is 0.00940. The molecule has 2 rings (SSSR count). The van der Waals surface area contributed by atoms with Crippen LogP contribution in [0, 0.1) is 5.92 Å². The largest absolute Gasteiger partial charge is 0.385 e. The van der Waals surface area contributed by atoms with E-state index in [0.29, 0.717) is 28.7 Å². The first-order chi connectivity index (χ1) is 7.08. The highest BCUT2D eigenvalue weighted by molar-refractivity contribution is 6.30. The zero-order valence-electron chi connectivity index (χ0n) is 8.70. The Balaban J connectivity index is 2.45. The number of hydrogen-bond donors (Lipinski definition) is 2. The maximum absolute atomic E-state index is 10.6. The molecular weight excluding hydrogens is 212 g/mol. The van der Waals surface area contributed by atoms with E-state index < -0.39 is 5.60 Å². The Bertz CT molecular complexity index is 379. The Morgan fingerprint density at radius 1 is 1.67 bits per heavy atom. The molecule has 0 aliphatic heterocycles. The molecule has 0 spiro atoms. The predicted molar refractivity (Wildman–Crippen MR) is 60.6 cm³/mol. The van der Waals surface area contributed by atoms with Gasteiger partial charge in [-0.25, -0.2) is 4.98 Å². The second kappa shape index (κ2) is 3.65. The van der Waals surface area contributed by atoms with Crippen LogP contribution in [-0.2, 0) is 5.60 Å². The van der Waals surface area contributed by atoms with Crippen molar-refractivity contribution in [3.63, 3.8) is 0 Å². The van der Waals surface area contributed by atoms with Crippen molar-refractivity contribution in [3.8, 4) is 0 Å². The minimum absolute atomic E-state index is 0.310. The van der Waals surface area contributed by atoms with E-state index in [1.807, 2.05) is 6.92 Å². The molecule has 1 aromatic heterocycles. The summed E-state index contributed by atoms with van der Waals surface area (Å²) < 4.78 is 0. The van der Waals surface area contributed by atoms with Gasteiger partial charge in [0.1, 0.15) is 5.82 Å². The molecule has 1 heterocycles. The monoisotopic (exact) mass is 226 g/mol. The van der Waals surface area contributed by atoms with Gasteiger partial charge in [0, 0.05) is 11.8 Å². The van der Waals surface area contributed by atoms with Crippen LogP contribution in [0.1, 0.15) is 31.7 Å². The SMILES string of the molecule is CCC(O)(c1cc(Cl)cnc1N)C1CC1. The van der Waals surface area contributed by atoms with Gasteiger partial charge in [-0.1, -0.05) is 18.5 Å². The first-order valence-corrected chi connectivity index (χ1v) is 5.59. The summed E-state index contributed by atoms with van der Waals surface area (Å²) in [5.74, 6) is 0.695. The highest BCUT2D eigenvalue weighted by Crippen LogP contribution is 2.49. The van der Waals surface area contributed by atoms with E-state index in [2.05, 4.69) is 4.98 Å². The number of aromatic nitrogens is 1. The van der Waals surface area contributed by atoms with Crippen LogP contribution in [0.4, 0.5) is 5.82 Å². The van der Waals surface area contributed by atoms with Gasteiger partial charge in [0.25, 0.3) is 0 Å². The van der Waals surface area contributed by atoms with Gasteiger partial charge in [-0.15, -0.1) is 0 Å². The highest BCUT2D eigenvalue weighted by atomic mass is 35.5. The Kier molecular flexibility index (Phi) is 2.61. The molecular formula is C11H15ClN2O. The van der Waals surface area contributed by atoms with Gasteiger partial charge in [0.15, 0.2) is 0 Å². The van der Waals surface area contributed by atoms with E-state index in [4.69, 9.17) is 17.3 Å². The summed E-state index contributed by atoms with van der Waals surface area (Å²) >= 11 is 5.88. The minimum Gasteiger partial charge on any atom is -0.385 e. The molecule has 1 atom stereocenters. The lowest BCUT2D eigenvalue weighted by atomic mass is 9.86. The first kappa shape index (κ1) is 10.7. The Hall–Kier alpha value is -0.800. The third-order valence-corrected chi connectivity index (χ3v) is 3.35. The zero-order chi connectivity index (χ0) is 11.1. The normalized spacial score (nSPS) is 19.9. The number of rotatable bonds is 3. The smallest absolute Gasteiger partial charge is 0.129 e. The average Bonchev–Trinajstić information content (AvgIpc) is 3.04. The first-order valence-electron chi connectivity index (χ1n) is 5.21. The van der Waals surface area contributed by atoms with E-state index in [0.717, 1.165) is 12.8 Å². The molecule has 0 radical (unpaired) electrons. The molecule has 1 aliphatic rings. The Morgan fingerprint density at radius 3 is 2.87 bits per heavy atom. The van der Waals surface area contributed by atoms with Crippen molar-refractivity contribution < 1.29 is 5.11 Å². The summed E-state index contributed by atoms with van der Waals surface area (Å²) in [6, 6.07) is 1.73. The molecule has 82 valence electrons. The van der Waals surface area contributed by atoms with Gasteiger partial charge >= 0.3 is 0 Å². The Morgan fingerprint density at radius 2 is 2.33 bits per heavy atom. The maximum Gasteiger partial charge on any atom is 0.129 e. The number of nitrogens with two attached hydrogens (primary N) is 1. The van der Waals surface area contributed by atoms with Gasteiger partial charge < -0.3 is 10.8 Å². The van der Waals surface area contributed by atoms with Gasteiger partial charge in [0.05, 0.1) is 10.6 Å². The number of halogens is 1. The standard InChI is InChI=1S/C11H15ClN2O/c1-2-11(15,7-3-4-7)9-5-8(12)6-14-10(9)13/h5-7,15H,2-4H2,1H3,(H2,13,14). The predicted octanol–water partition coefficient (Wildman–Crippen LogP) is 2.32. The molecule has 3 N–H and O–H groups in total. The molecule has 3 nitrogen and oxygen atoms in total. The van der Waals surface area contributed by atoms with Gasteiger partial charge in [0.2, 0.25) is 0 Å². The van der Waals surface area contributed by atoms with Crippen LogP contribution in [0.5, 0.6) is 0 Å². The van der Waals surface area contributed by atoms with Crippen LogP contribution in [0.25, 0.3) is 0 Å². The summed E-state index contributed by atoms with van der Waals surface area (Å²) in [5.41, 5.74) is 5.62. The molecule has 1 fully saturated rings. The van der Waals surface area contributed by atoms with Crippen LogP contribution in [0.3, 0.4) is 0 Å². The van der Waals surface area contributed by atoms with Crippen molar-refractivity contribution in [3.05, 3.63) is 22.8 Å². The lowest BCUT2D eigenvalue weighted by Crippen LogP contribution is -2.28. The van der Waals surface area contributed by atoms with Gasteiger partial charge in [-0.2, -0.15) is 0 Å². The molecule has 4 heteroatoms. The van der Waals surface area contributed by atoms with Crippen molar-refractivity contribution in [2.75, 3.05) is 5.73 Å². The van der Waals surface area contributed by atoms with Crippen molar-refractivity contribution in [1.82, 2.24) is 4.98 Å². The van der Waals surface area contributed by atoms with Crippen molar-refractivity contribution in [2.45, 2.75) is 31.8 Å². The molecule has 0 aromatic carbocycles. The molecule has 1 aliphatic carbocycles. The molecule has 0 saturated heterocycles. The summed E-state index contributed by atoms with van der Waals surface area (Å²) in [4.78, 5) is 3.99. The number of nitrogen functional groups attached to an aromatic ring is 1. The van der Waals surface area contributed by atoms with Crippen molar-refractivity contribution in [2.24, 2.45) is 5.92 Å². The summed E-state index contributed by atoms with van der Waals surface area (Å²) in [5, 5.41) is 11.1. The van der Waals surface area contributed by atoms with Crippen LogP contribution in [-0.4, -0.2) is 10.1 Å². The molecule has 1 unspecified atom stereocenters. The van der Waals surface area contributed by atoms with Gasteiger partial charge in [-0.3, -0.25) is 0 Å². The molecule has 0 amide bonds. The summed E-state index contributed by atoms with van der Waals surface area (Å²) in [7, 11) is 0. The molecule has 1 saturated carbocycles. The number of nitrogens with zero attached hydrogens (tertiary/aromatic N) is 1. The van der Waals surface area contributed by atoms with Crippen LogP contribution < -0.4 is 5.73 Å². The number of pyridine rings is 1. The van der Waals surface area contributed by atoms with E-state index in [9.17, 15) is 5.11 Å². The van der Waals surface area contributed by atoms with E-state index in [1.165, 1.54) is 6.20 Å². The van der Waals surface area contributed by atoms with E-state index in [1.54, 1.807) is 6.07 Å². The Labute approximate surface area is 94.3 Å². The number of aliphatic hydroxyl groups is 1. The number of hydrogen-bond acceptors (Lipinski definition) is 3. The highest BCUT2D eigenvalue weighted by Gasteiger charge is 2.45. The lowest BCUT2D eigenvalue weighted by Gasteiger charge is -2.28. The van der Waals surface area contributed by atoms with Crippen LogP contribution in [0.15, 0.2) is 12.3 Å². The van der Waals surface area contributed by atoms with Crippen molar-refractivity contribution >= 4 is 17.4 Å². The topological polar surface area (TPSA) is 59.1 Å². The maximum atomic E-state index is 10.6. The molecule has 1 aromatic rings. The molecule has 0 bridgehead atoms. The summed E-state index contributed by atoms with van der Waals surface area (Å²) in [6.45, 7) is 1.96. The van der Waals surface area contributed by atoms with Crippen LogP contribution in [0.2, 0.25) is 5.02 Å². The second-order valence-electron chi connectivity index (χ2n) is 4.14. The fraction of sp³-hybridized carbons (Fsp3) is 0.545. The number of anilines is 1. The quantitative estimate of drug-likeness (QED) is 0.832. The van der Waals surface area contributed by atoms with Crippen LogP contribution >= 0.6 is 11.6 Å². The fourth-order valence-electron chi connectivity index (χ4n) is 2.06. The second-order valence-corrected chi connectivity index (χ2v) is 4.57. The summed E-state index contributed by atoms with van der Waals surface area (Å²) in [6.07, 6.45) is 4.25. The van der Waals surface area contributed by atoms with Crippen molar-refractivity contribution in [1.29, 1.82) is 0 Å². The van der Waals surface area contributed by atoms with E-state index >= 15 is 0 Å². The van der Waals surface area contributed by atoms with Gasteiger partial charge in [-0.05, 0) is 31.2 Å². The third kappa shape index (κ3) is 1.82. The van der Waals surface area contributed by atoms with E-state index in [-0.39, 0.29) is 0 Å². The minimum atomic E-state index is -0.845. The molecule has 15 heavy (non-hydrogen) atoms. The zero-order valence-corrected chi connectivity index (χ0v) is 9.46. The fourth-order valence-corrected chi connectivity index (χ4v) is 2.21. The third-order valence-electron chi connectivity index (χ3n) is 3.14.